The molecule has 0 spiro atoms. The van der Waals surface area contributed by atoms with Gasteiger partial charge in [0.25, 0.3) is 5.69 Å². The topological polar surface area (TPSA) is 113 Å². The van der Waals surface area contributed by atoms with E-state index in [2.05, 4.69) is 20.6 Å². The highest BCUT2D eigenvalue weighted by Crippen LogP contribution is 2.34. The smallest absolute Gasteiger partial charge is 0.294 e. The largest absolute Gasteiger partial charge is 0.372 e. The van der Waals surface area contributed by atoms with E-state index in [1.807, 2.05) is 0 Å². The number of nitrogens with zero attached hydrogens (tertiary/aromatic N) is 2. The first-order valence-corrected chi connectivity index (χ1v) is 6.47. The molecule has 8 nitrogen and oxygen atoms in total. The number of aromatic nitrogens is 2. The van der Waals surface area contributed by atoms with Crippen molar-refractivity contribution in [3.8, 4) is 0 Å². The van der Waals surface area contributed by atoms with Crippen LogP contribution in [-0.2, 0) is 17.8 Å². The molecule has 0 saturated heterocycles. The fourth-order valence-corrected chi connectivity index (χ4v) is 2.28. The third-order valence-corrected chi connectivity index (χ3v) is 3.31. The molecule has 0 fully saturated rings. The molecule has 0 saturated carbocycles. The van der Waals surface area contributed by atoms with Crippen molar-refractivity contribution < 1.29 is 9.72 Å². The van der Waals surface area contributed by atoms with Crippen LogP contribution in [0.2, 0.25) is 0 Å². The summed E-state index contributed by atoms with van der Waals surface area (Å²) < 4.78 is 0. The van der Waals surface area contributed by atoms with Gasteiger partial charge in [0.2, 0.25) is 5.91 Å². The molecule has 2 heterocycles. The number of nitro groups is 1. The number of amides is 1. The van der Waals surface area contributed by atoms with Gasteiger partial charge in [-0.1, -0.05) is 0 Å². The zero-order chi connectivity index (χ0) is 14.8. The maximum Gasteiger partial charge on any atom is 0.294 e. The number of benzene rings is 1. The minimum Gasteiger partial charge on any atom is -0.372 e. The number of hydrogen-bond donors (Lipinski definition) is 3. The third kappa shape index (κ3) is 2.69. The van der Waals surface area contributed by atoms with Crippen molar-refractivity contribution in [3.05, 3.63) is 46.0 Å². The summed E-state index contributed by atoms with van der Waals surface area (Å²) in [5.41, 5.74) is 1.76. The Balaban J connectivity index is 1.91. The van der Waals surface area contributed by atoms with Gasteiger partial charge >= 0.3 is 0 Å². The number of imidazole rings is 1. The summed E-state index contributed by atoms with van der Waals surface area (Å²) in [5.74, 6) is 0.573. The lowest BCUT2D eigenvalue weighted by Crippen LogP contribution is -2.19. The molecule has 21 heavy (non-hydrogen) atoms. The van der Waals surface area contributed by atoms with Gasteiger partial charge in [-0.05, 0) is 18.1 Å². The van der Waals surface area contributed by atoms with Gasteiger partial charge in [-0.3, -0.25) is 14.9 Å². The highest BCUT2D eigenvalue weighted by Gasteiger charge is 2.22. The number of rotatable bonds is 4. The zero-order valence-electron chi connectivity index (χ0n) is 11.0. The molecule has 1 aliphatic heterocycles. The normalized spacial score (nSPS) is 13.4. The molecule has 8 heteroatoms. The molecular weight excluding hydrogens is 274 g/mol. The number of nitrogens with one attached hydrogen (secondary N) is 3. The average Bonchev–Trinajstić information content (AvgIpc) is 2.97. The predicted octanol–water partition coefficient (Wildman–Crippen LogP) is 1.81. The first-order chi connectivity index (χ1) is 10.1. The first kappa shape index (κ1) is 13.1. The number of aromatic amines is 1. The molecule has 2 aromatic rings. The van der Waals surface area contributed by atoms with E-state index in [0.29, 0.717) is 36.6 Å². The fraction of sp³-hybridized carbons (Fsp3) is 0.231. The average molecular weight is 287 g/mol. The van der Waals surface area contributed by atoms with Gasteiger partial charge in [-0.25, -0.2) is 4.98 Å². The number of hydrogen-bond acceptors (Lipinski definition) is 5. The van der Waals surface area contributed by atoms with Gasteiger partial charge in [0.15, 0.2) is 0 Å². The van der Waals surface area contributed by atoms with Gasteiger partial charge in [-0.15, -0.1) is 0 Å². The van der Waals surface area contributed by atoms with E-state index in [0.717, 1.165) is 5.56 Å². The van der Waals surface area contributed by atoms with E-state index in [9.17, 15) is 14.9 Å². The highest BCUT2D eigenvalue weighted by atomic mass is 16.6. The lowest BCUT2D eigenvalue weighted by atomic mass is 10.0. The molecule has 3 N–H and O–H groups in total. The van der Waals surface area contributed by atoms with E-state index >= 15 is 0 Å². The fourth-order valence-electron chi connectivity index (χ4n) is 2.28. The standard InChI is InChI=1S/C13H13N5O3/c19-13-2-1-8-5-10(16-7-12-14-3-4-15-12)11(18(20)21)6-9(8)17-13/h3-6,16H,1-2,7H2,(H,14,15)(H,17,19). The first-order valence-electron chi connectivity index (χ1n) is 6.47. The van der Waals surface area contributed by atoms with Crippen LogP contribution in [-0.4, -0.2) is 20.8 Å². The summed E-state index contributed by atoms with van der Waals surface area (Å²) in [6.45, 7) is 0.360. The maximum atomic E-state index is 11.4. The summed E-state index contributed by atoms with van der Waals surface area (Å²) in [6, 6.07) is 3.12. The van der Waals surface area contributed by atoms with Crippen LogP contribution < -0.4 is 10.6 Å². The van der Waals surface area contributed by atoms with Gasteiger partial charge < -0.3 is 15.6 Å². The van der Waals surface area contributed by atoms with Crippen LogP contribution in [0, 0.1) is 10.1 Å². The van der Waals surface area contributed by atoms with Gasteiger partial charge in [0, 0.05) is 24.9 Å². The quantitative estimate of drug-likeness (QED) is 0.586. The van der Waals surface area contributed by atoms with Crippen LogP contribution in [0.1, 0.15) is 17.8 Å². The van der Waals surface area contributed by atoms with Gasteiger partial charge in [-0.2, -0.15) is 0 Å². The number of nitro benzene ring substituents is 1. The Morgan fingerprint density at radius 1 is 1.38 bits per heavy atom. The SMILES string of the molecule is O=C1CCc2cc(NCc3ncc[nH]3)c([N+](=O)[O-])cc2N1. The Bertz CT molecular complexity index is 696. The van der Waals surface area contributed by atoms with E-state index in [4.69, 9.17) is 0 Å². The molecule has 1 aromatic heterocycles. The van der Waals surface area contributed by atoms with Gasteiger partial charge in [0.05, 0.1) is 17.2 Å². The minimum atomic E-state index is -0.467. The van der Waals surface area contributed by atoms with Crippen molar-refractivity contribution in [2.24, 2.45) is 0 Å². The monoisotopic (exact) mass is 287 g/mol. The van der Waals surface area contributed by atoms with Crippen LogP contribution in [0.25, 0.3) is 0 Å². The molecule has 1 amide bonds. The highest BCUT2D eigenvalue weighted by molar-refractivity contribution is 5.95. The Labute approximate surface area is 119 Å². The Hall–Kier alpha value is -2.90. The summed E-state index contributed by atoms with van der Waals surface area (Å²) in [4.78, 5) is 29.1. The molecule has 108 valence electrons. The number of fused-ring (bicyclic) bond motifs is 1. The maximum absolute atomic E-state index is 11.4. The van der Waals surface area contributed by atoms with Crippen molar-refractivity contribution >= 4 is 23.0 Å². The summed E-state index contributed by atoms with van der Waals surface area (Å²) in [5, 5.41) is 16.9. The van der Waals surface area contributed by atoms with Crippen LogP contribution in [0.15, 0.2) is 24.5 Å². The number of aryl methyl sites for hydroxylation is 1. The summed E-state index contributed by atoms with van der Waals surface area (Å²) in [6.07, 6.45) is 4.28. The van der Waals surface area contributed by atoms with Crippen LogP contribution >= 0.6 is 0 Å². The minimum absolute atomic E-state index is 0.0671. The number of carbonyl (C=O) groups is 1. The zero-order valence-corrected chi connectivity index (χ0v) is 11.0. The van der Waals surface area contributed by atoms with Crippen LogP contribution in [0.5, 0.6) is 0 Å². The Kier molecular flexibility index (Phi) is 3.27. The molecule has 1 aliphatic rings. The Morgan fingerprint density at radius 2 is 2.24 bits per heavy atom. The van der Waals surface area contributed by atoms with E-state index in [1.54, 1.807) is 18.5 Å². The molecule has 1 aromatic carbocycles. The lowest BCUT2D eigenvalue weighted by molar-refractivity contribution is -0.383. The van der Waals surface area contributed by atoms with Crippen molar-refractivity contribution in [1.29, 1.82) is 0 Å². The molecule has 0 unspecified atom stereocenters. The number of carbonyl (C=O) groups excluding carboxylic acids is 1. The number of anilines is 2. The lowest BCUT2D eigenvalue weighted by Gasteiger charge is -2.18. The van der Waals surface area contributed by atoms with Gasteiger partial charge in [0.1, 0.15) is 11.5 Å². The van der Waals surface area contributed by atoms with E-state index in [1.165, 1.54) is 6.07 Å². The third-order valence-electron chi connectivity index (χ3n) is 3.31. The molecule has 3 rings (SSSR count). The van der Waals surface area contributed by atoms with E-state index in [-0.39, 0.29) is 11.6 Å². The van der Waals surface area contributed by atoms with Crippen molar-refractivity contribution in [3.63, 3.8) is 0 Å². The second-order valence-electron chi connectivity index (χ2n) is 4.72. The van der Waals surface area contributed by atoms with Crippen molar-refractivity contribution in [2.45, 2.75) is 19.4 Å². The second kappa shape index (κ2) is 5.23. The summed E-state index contributed by atoms with van der Waals surface area (Å²) >= 11 is 0. The van der Waals surface area contributed by atoms with Crippen molar-refractivity contribution in [1.82, 2.24) is 9.97 Å². The molecule has 0 aliphatic carbocycles. The van der Waals surface area contributed by atoms with Crippen LogP contribution in [0.4, 0.5) is 17.1 Å². The molecule has 0 radical (unpaired) electrons. The Morgan fingerprint density at radius 3 is 2.95 bits per heavy atom. The predicted molar refractivity (Wildman–Crippen MR) is 76.0 cm³/mol. The van der Waals surface area contributed by atoms with Crippen LogP contribution in [0.3, 0.4) is 0 Å². The summed E-state index contributed by atoms with van der Waals surface area (Å²) in [7, 11) is 0. The van der Waals surface area contributed by atoms with Crippen molar-refractivity contribution in [2.75, 3.05) is 10.6 Å². The second-order valence-corrected chi connectivity index (χ2v) is 4.72. The molecule has 0 bridgehead atoms. The molecular formula is C13H13N5O3. The molecule has 0 atom stereocenters. The number of H-pyrrole nitrogens is 1. The van der Waals surface area contributed by atoms with E-state index < -0.39 is 4.92 Å².